The smallest absolute Gasteiger partial charge is 0.0896 e. The molecule has 0 aromatic carbocycles. The Labute approximate surface area is 104 Å². The summed E-state index contributed by atoms with van der Waals surface area (Å²) in [7, 11) is 0. The molecular formula is C14H21ClO. The van der Waals surface area contributed by atoms with Crippen LogP contribution in [-0.2, 0) is 0 Å². The monoisotopic (exact) mass is 240 g/mol. The van der Waals surface area contributed by atoms with Gasteiger partial charge in [-0.2, -0.15) is 0 Å². The minimum Gasteiger partial charge on any atom is -0.385 e. The second-order valence-electron chi connectivity index (χ2n) is 5.81. The summed E-state index contributed by atoms with van der Waals surface area (Å²) >= 11 is 5.63. The molecule has 0 saturated heterocycles. The van der Waals surface area contributed by atoms with Crippen LogP contribution >= 0.6 is 11.6 Å². The molecule has 0 unspecified atom stereocenters. The minimum atomic E-state index is -0.735. The second-order valence-corrected chi connectivity index (χ2v) is 6.29. The van der Waals surface area contributed by atoms with E-state index in [9.17, 15) is 5.11 Å². The largest absolute Gasteiger partial charge is 0.385 e. The zero-order valence-corrected chi connectivity index (χ0v) is 11.1. The normalized spacial score (nSPS) is 30.2. The summed E-state index contributed by atoms with van der Waals surface area (Å²) in [4.78, 5) is 0. The lowest BCUT2D eigenvalue weighted by molar-refractivity contribution is -0.0755. The molecule has 0 spiro atoms. The van der Waals surface area contributed by atoms with E-state index in [0.29, 0.717) is 11.0 Å². The van der Waals surface area contributed by atoms with Gasteiger partial charge in [0.05, 0.1) is 5.60 Å². The first-order chi connectivity index (χ1) is 7.15. The number of hydrogen-bond acceptors (Lipinski definition) is 1. The Morgan fingerprint density at radius 3 is 2.19 bits per heavy atom. The summed E-state index contributed by atoms with van der Waals surface area (Å²) < 4.78 is 0. The van der Waals surface area contributed by atoms with Crippen molar-refractivity contribution in [1.82, 2.24) is 0 Å². The van der Waals surface area contributed by atoms with Crippen molar-refractivity contribution in [3.63, 3.8) is 0 Å². The van der Waals surface area contributed by atoms with Crippen LogP contribution < -0.4 is 0 Å². The van der Waals surface area contributed by atoms with E-state index in [1.807, 2.05) is 0 Å². The molecule has 90 valence electrons. The molecule has 0 radical (unpaired) electrons. The number of halogens is 1. The molecule has 0 amide bonds. The van der Waals surface area contributed by atoms with Crippen molar-refractivity contribution >= 4 is 11.6 Å². The predicted octanol–water partition coefficient (Wildman–Crippen LogP) is 4.04. The minimum absolute atomic E-state index is 0.256. The maximum atomic E-state index is 10.3. The lowest BCUT2D eigenvalue weighted by Crippen LogP contribution is -2.49. The molecule has 1 fully saturated rings. The van der Waals surface area contributed by atoms with Crippen molar-refractivity contribution in [2.75, 3.05) is 0 Å². The Balaban J connectivity index is 2.58. The van der Waals surface area contributed by atoms with Crippen molar-refractivity contribution in [3.05, 3.63) is 35.9 Å². The van der Waals surface area contributed by atoms with Crippen molar-refractivity contribution < 1.29 is 5.11 Å². The van der Waals surface area contributed by atoms with E-state index in [1.54, 1.807) is 12.2 Å². The van der Waals surface area contributed by atoms with Gasteiger partial charge in [0, 0.05) is 5.03 Å². The van der Waals surface area contributed by atoms with Crippen molar-refractivity contribution in [2.24, 2.45) is 11.3 Å². The summed E-state index contributed by atoms with van der Waals surface area (Å²) in [6.45, 7) is 14.1. The molecule has 0 bridgehead atoms. The summed E-state index contributed by atoms with van der Waals surface area (Å²) in [6.07, 6.45) is 5.00. The van der Waals surface area contributed by atoms with Crippen LogP contribution in [0.15, 0.2) is 35.9 Å². The van der Waals surface area contributed by atoms with Crippen LogP contribution in [0.4, 0.5) is 0 Å². The van der Waals surface area contributed by atoms with Crippen molar-refractivity contribution in [1.29, 1.82) is 0 Å². The van der Waals surface area contributed by atoms with E-state index in [0.717, 1.165) is 18.4 Å². The van der Waals surface area contributed by atoms with E-state index >= 15 is 0 Å². The fourth-order valence-electron chi connectivity index (χ4n) is 1.98. The van der Waals surface area contributed by atoms with E-state index in [-0.39, 0.29) is 5.41 Å². The van der Waals surface area contributed by atoms with E-state index in [1.165, 1.54) is 0 Å². The van der Waals surface area contributed by atoms with Crippen LogP contribution in [0, 0.1) is 11.3 Å². The van der Waals surface area contributed by atoms with Gasteiger partial charge in [-0.05, 0) is 35.8 Å². The molecule has 1 nitrogen and oxygen atoms in total. The highest BCUT2D eigenvalue weighted by molar-refractivity contribution is 6.30. The van der Waals surface area contributed by atoms with Gasteiger partial charge in [-0.15, -0.1) is 0 Å². The molecule has 0 aromatic rings. The fraction of sp³-hybridized carbons (Fsp3) is 0.571. The Kier molecular flexibility index (Phi) is 3.71. The molecule has 1 aliphatic rings. The highest BCUT2D eigenvalue weighted by atomic mass is 35.5. The van der Waals surface area contributed by atoms with Gasteiger partial charge < -0.3 is 5.11 Å². The molecule has 1 aliphatic carbocycles. The van der Waals surface area contributed by atoms with Crippen molar-refractivity contribution in [3.8, 4) is 0 Å². The standard InChI is InChI=1S/C14H21ClO/c1-10(6-7-11(2)15)14(16)8-12(9-14)13(3,4)5/h6-7,12,16H,1-2,8-9H2,3-5H3/b7-6-. The van der Waals surface area contributed by atoms with Crippen LogP contribution in [0.2, 0.25) is 0 Å². The molecule has 0 heterocycles. The van der Waals surface area contributed by atoms with Gasteiger partial charge in [-0.3, -0.25) is 0 Å². The number of rotatable bonds is 3. The molecule has 1 N–H and O–H groups in total. The Morgan fingerprint density at radius 2 is 1.81 bits per heavy atom. The first kappa shape index (κ1) is 13.5. The molecule has 2 heteroatoms. The number of hydrogen-bond donors (Lipinski definition) is 1. The van der Waals surface area contributed by atoms with Gasteiger partial charge in [0.1, 0.15) is 0 Å². The number of allylic oxidation sites excluding steroid dienone is 2. The molecule has 0 aromatic heterocycles. The zero-order chi connectivity index (χ0) is 12.6. The predicted molar refractivity (Wildman–Crippen MR) is 70.4 cm³/mol. The van der Waals surface area contributed by atoms with Gasteiger partial charge in [-0.25, -0.2) is 0 Å². The van der Waals surface area contributed by atoms with Crippen LogP contribution in [-0.4, -0.2) is 10.7 Å². The summed E-state index contributed by atoms with van der Waals surface area (Å²) in [5.74, 6) is 0.557. The highest BCUT2D eigenvalue weighted by Crippen LogP contribution is 2.50. The van der Waals surface area contributed by atoms with Gasteiger partial charge in [0.2, 0.25) is 0 Å². The van der Waals surface area contributed by atoms with Crippen LogP contribution in [0.3, 0.4) is 0 Å². The van der Waals surface area contributed by atoms with Crippen LogP contribution in [0.25, 0.3) is 0 Å². The SMILES string of the molecule is C=C(Cl)/C=C\C(=C)C1(O)CC(C(C)(C)C)C1. The third-order valence-electron chi connectivity index (χ3n) is 3.46. The Hall–Kier alpha value is -0.530. The molecule has 0 aliphatic heterocycles. The topological polar surface area (TPSA) is 20.2 Å². The Bertz CT molecular complexity index is 327. The fourth-order valence-corrected chi connectivity index (χ4v) is 2.04. The van der Waals surface area contributed by atoms with E-state index in [2.05, 4.69) is 33.9 Å². The lowest BCUT2D eigenvalue weighted by atomic mass is 9.58. The van der Waals surface area contributed by atoms with Gasteiger partial charge in [-0.1, -0.05) is 51.6 Å². The average molecular weight is 241 g/mol. The van der Waals surface area contributed by atoms with Gasteiger partial charge >= 0.3 is 0 Å². The van der Waals surface area contributed by atoms with Crippen LogP contribution in [0.1, 0.15) is 33.6 Å². The average Bonchev–Trinajstić information content (AvgIpc) is 2.07. The molecular weight excluding hydrogens is 220 g/mol. The highest BCUT2D eigenvalue weighted by Gasteiger charge is 2.48. The summed E-state index contributed by atoms with van der Waals surface area (Å²) in [6, 6.07) is 0. The summed E-state index contributed by atoms with van der Waals surface area (Å²) in [5, 5.41) is 10.8. The van der Waals surface area contributed by atoms with E-state index in [4.69, 9.17) is 11.6 Å². The van der Waals surface area contributed by atoms with Crippen molar-refractivity contribution in [2.45, 2.75) is 39.2 Å². The second kappa shape index (κ2) is 4.38. The van der Waals surface area contributed by atoms with Gasteiger partial charge in [0.15, 0.2) is 0 Å². The maximum absolute atomic E-state index is 10.3. The first-order valence-electron chi connectivity index (χ1n) is 5.59. The maximum Gasteiger partial charge on any atom is 0.0896 e. The Morgan fingerprint density at radius 1 is 1.31 bits per heavy atom. The summed E-state index contributed by atoms with van der Waals surface area (Å²) in [5.41, 5.74) is 0.252. The number of aliphatic hydroxyl groups is 1. The first-order valence-corrected chi connectivity index (χ1v) is 5.97. The lowest BCUT2D eigenvalue weighted by Gasteiger charge is -2.50. The molecule has 0 atom stereocenters. The third kappa shape index (κ3) is 2.99. The quantitative estimate of drug-likeness (QED) is 0.739. The van der Waals surface area contributed by atoms with Gasteiger partial charge in [0.25, 0.3) is 0 Å². The molecule has 16 heavy (non-hydrogen) atoms. The van der Waals surface area contributed by atoms with E-state index < -0.39 is 5.60 Å². The molecule has 1 saturated carbocycles. The zero-order valence-electron chi connectivity index (χ0n) is 10.4. The third-order valence-corrected chi connectivity index (χ3v) is 3.58. The van der Waals surface area contributed by atoms with Crippen LogP contribution in [0.5, 0.6) is 0 Å². The molecule has 1 rings (SSSR count).